The smallest absolute Gasteiger partial charge is 0.325 e. The van der Waals surface area contributed by atoms with E-state index in [2.05, 4.69) is 17.1 Å². The van der Waals surface area contributed by atoms with Gasteiger partial charge in [-0.3, -0.25) is 9.69 Å². The van der Waals surface area contributed by atoms with Crippen LogP contribution in [0.1, 0.15) is 52.4 Å². The van der Waals surface area contributed by atoms with Crippen molar-refractivity contribution in [2.75, 3.05) is 20.7 Å². The second-order valence-corrected chi connectivity index (χ2v) is 6.77. The Labute approximate surface area is 123 Å². The summed E-state index contributed by atoms with van der Waals surface area (Å²) in [7, 11) is 3.31. The van der Waals surface area contributed by atoms with Gasteiger partial charge in [0.1, 0.15) is 5.54 Å². The van der Waals surface area contributed by atoms with Gasteiger partial charge in [-0.2, -0.15) is 0 Å². The van der Waals surface area contributed by atoms with E-state index in [4.69, 9.17) is 4.74 Å². The van der Waals surface area contributed by atoms with Gasteiger partial charge in [-0.15, -0.1) is 0 Å². The molecule has 4 atom stereocenters. The molecular formula is C16H30N2O2. The van der Waals surface area contributed by atoms with Crippen LogP contribution in [0.25, 0.3) is 0 Å². The van der Waals surface area contributed by atoms with E-state index < -0.39 is 5.54 Å². The molecule has 4 heteroatoms. The molecule has 1 N–H and O–H groups in total. The maximum absolute atomic E-state index is 12.0. The summed E-state index contributed by atoms with van der Waals surface area (Å²) in [6.07, 6.45) is 7.64. The van der Waals surface area contributed by atoms with Crippen molar-refractivity contribution in [3.63, 3.8) is 0 Å². The van der Waals surface area contributed by atoms with Crippen molar-refractivity contribution in [2.24, 2.45) is 5.92 Å². The molecule has 1 heterocycles. The Kier molecular flexibility index (Phi) is 5.08. The molecule has 0 aromatic carbocycles. The third kappa shape index (κ3) is 3.01. The van der Waals surface area contributed by atoms with Crippen molar-refractivity contribution in [2.45, 2.75) is 70.0 Å². The predicted molar refractivity (Wildman–Crippen MR) is 80.6 cm³/mol. The number of carbonyl (C=O) groups is 1. The fraction of sp³-hybridized carbons (Fsp3) is 0.938. The Morgan fingerprint density at radius 1 is 1.40 bits per heavy atom. The molecule has 1 aliphatic carbocycles. The molecule has 20 heavy (non-hydrogen) atoms. The number of ether oxygens (including phenoxy) is 1. The summed E-state index contributed by atoms with van der Waals surface area (Å²) < 4.78 is 4.96. The van der Waals surface area contributed by atoms with E-state index in [1.807, 2.05) is 14.0 Å². The minimum Gasteiger partial charge on any atom is -0.468 e. The highest BCUT2D eigenvalue weighted by molar-refractivity contribution is 5.80. The van der Waals surface area contributed by atoms with E-state index in [9.17, 15) is 4.79 Å². The van der Waals surface area contributed by atoms with Crippen LogP contribution in [0.2, 0.25) is 0 Å². The molecule has 2 rings (SSSR count). The molecule has 0 aromatic heterocycles. The Bertz CT molecular complexity index is 347. The molecule has 0 radical (unpaired) electrons. The molecule has 0 aromatic rings. The first kappa shape index (κ1) is 15.8. The molecule has 0 spiro atoms. The summed E-state index contributed by atoms with van der Waals surface area (Å²) in [6.45, 7) is 5.40. The third-order valence-corrected chi connectivity index (χ3v) is 5.51. The van der Waals surface area contributed by atoms with Crippen LogP contribution < -0.4 is 5.32 Å². The summed E-state index contributed by atoms with van der Waals surface area (Å²) in [5.74, 6) is 0.733. The van der Waals surface area contributed by atoms with Crippen LogP contribution in [-0.4, -0.2) is 49.2 Å². The van der Waals surface area contributed by atoms with Gasteiger partial charge in [0.15, 0.2) is 0 Å². The predicted octanol–water partition coefficient (Wildman–Crippen LogP) is 2.18. The number of likely N-dealkylation sites (N-methyl/N-ethyl adjacent to an activating group) is 1. The van der Waals surface area contributed by atoms with E-state index in [0.717, 1.165) is 18.4 Å². The topological polar surface area (TPSA) is 41.6 Å². The average Bonchev–Trinajstić information content (AvgIpc) is 2.90. The molecule has 4 unspecified atom stereocenters. The Morgan fingerprint density at radius 2 is 2.10 bits per heavy atom. The lowest BCUT2D eigenvalue weighted by Crippen LogP contribution is -2.53. The first-order valence-corrected chi connectivity index (χ1v) is 8.05. The van der Waals surface area contributed by atoms with Gasteiger partial charge >= 0.3 is 5.97 Å². The second-order valence-electron chi connectivity index (χ2n) is 6.77. The van der Waals surface area contributed by atoms with Crippen molar-refractivity contribution < 1.29 is 9.53 Å². The first-order valence-electron chi connectivity index (χ1n) is 8.05. The highest BCUT2D eigenvalue weighted by Gasteiger charge is 2.41. The van der Waals surface area contributed by atoms with E-state index in [0.29, 0.717) is 6.04 Å². The van der Waals surface area contributed by atoms with Gasteiger partial charge in [0.25, 0.3) is 0 Å². The molecule has 116 valence electrons. The zero-order chi connectivity index (χ0) is 14.8. The van der Waals surface area contributed by atoms with E-state index in [1.54, 1.807) is 0 Å². The molecule has 4 nitrogen and oxygen atoms in total. The van der Waals surface area contributed by atoms with E-state index in [1.165, 1.54) is 45.8 Å². The zero-order valence-corrected chi connectivity index (χ0v) is 13.4. The van der Waals surface area contributed by atoms with Crippen LogP contribution in [-0.2, 0) is 9.53 Å². The lowest BCUT2D eigenvalue weighted by molar-refractivity contribution is -0.148. The molecule has 0 bridgehead atoms. The summed E-state index contributed by atoms with van der Waals surface area (Å²) in [5, 5.41) is 3.15. The Hall–Kier alpha value is -0.610. The van der Waals surface area contributed by atoms with Gasteiger partial charge in [-0.1, -0.05) is 12.8 Å². The zero-order valence-electron chi connectivity index (χ0n) is 13.4. The fourth-order valence-corrected chi connectivity index (χ4v) is 4.21. The fourth-order valence-electron chi connectivity index (χ4n) is 4.21. The number of nitrogens with zero attached hydrogens (tertiary/aromatic N) is 1. The number of likely N-dealkylation sites (tertiary alicyclic amines) is 1. The number of hydrogen-bond donors (Lipinski definition) is 1. The number of esters is 1. The second kappa shape index (κ2) is 6.44. The number of nitrogens with one attached hydrogen (secondary N) is 1. The number of hydrogen-bond acceptors (Lipinski definition) is 4. The van der Waals surface area contributed by atoms with E-state index in [-0.39, 0.29) is 5.97 Å². The van der Waals surface area contributed by atoms with E-state index >= 15 is 0 Å². The summed E-state index contributed by atoms with van der Waals surface area (Å²) in [4.78, 5) is 14.6. The molecule has 1 aliphatic heterocycles. The van der Waals surface area contributed by atoms with Crippen LogP contribution in [0.3, 0.4) is 0 Å². The summed E-state index contributed by atoms with van der Waals surface area (Å²) >= 11 is 0. The van der Waals surface area contributed by atoms with Crippen LogP contribution in [0.4, 0.5) is 0 Å². The van der Waals surface area contributed by atoms with Crippen LogP contribution in [0.5, 0.6) is 0 Å². The molecular weight excluding hydrogens is 252 g/mol. The van der Waals surface area contributed by atoms with Crippen molar-refractivity contribution in [3.05, 3.63) is 0 Å². The number of fused-ring (bicyclic) bond motifs is 1. The van der Waals surface area contributed by atoms with Crippen LogP contribution in [0.15, 0.2) is 0 Å². The standard InChI is InChI=1S/C16H30N2O2/c1-12(11-16(2,17-3)15(19)20-4)18-10-9-13-7-5-6-8-14(13)18/h12-14,17H,5-11H2,1-4H3. The van der Waals surface area contributed by atoms with Crippen LogP contribution in [0, 0.1) is 5.92 Å². The quantitative estimate of drug-likeness (QED) is 0.785. The Balaban J connectivity index is 2.00. The molecule has 2 aliphatic rings. The number of methoxy groups -OCH3 is 1. The summed E-state index contributed by atoms with van der Waals surface area (Å²) in [6, 6.07) is 1.16. The molecule has 1 saturated heterocycles. The van der Waals surface area contributed by atoms with Gasteiger partial charge in [0.05, 0.1) is 7.11 Å². The minimum atomic E-state index is -0.582. The first-order chi connectivity index (χ1) is 9.51. The lowest BCUT2D eigenvalue weighted by Gasteiger charge is -2.38. The van der Waals surface area contributed by atoms with Gasteiger partial charge in [0.2, 0.25) is 0 Å². The molecule has 0 amide bonds. The van der Waals surface area contributed by atoms with Gasteiger partial charge < -0.3 is 10.1 Å². The minimum absolute atomic E-state index is 0.161. The maximum Gasteiger partial charge on any atom is 0.325 e. The van der Waals surface area contributed by atoms with Gasteiger partial charge in [-0.25, -0.2) is 0 Å². The average molecular weight is 282 g/mol. The number of rotatable bonds is 5. The largest absolute Gasteiger partial charge is 0.468 e. The Morgan fingerprint density at radius 3 is 2.75 bits per heavy atom. The summed E-state index contributed by atoms with van der Waals surface area (Å²) in [5.41, 5.74) is -0.582. The lowest BCUT2D eigenvalue weighted by atomic mass is 9.84. The van der Waals surface area contributed by atoms with Crippen molar-refractivity contribution in [1.82, 2.24) is 10.2 Å². The van der Waals surface area contributed by atoms with Crippen molar-refractivity contribution in [1.29, 1.82) is 0 Å². The number of carbonyl (C=O) groups excluding carboxylic acids is 1. The monoisotopic (exact) mass is 282 g/mol. The van der Waals surface area contributed by atoms with Gasteiger partial charge in [0, 0.05) is 12.1 Å². The SMILES string of the molecule is CNC(C)(CC(C)N1CCC2CCCCC21)C(=O)OC. The highest BCUT2D eigenvalue weighted by atomic mass is 16.5. The molecule has 1 saturated carbocycles. The highest BCUT2D eigenvalue weighted by Crippen LogP contribution is 2.38. The van der Waals surface area contributed by atoms with Crippen molar-refractivity contribution in [3.8, 4) is 0 Å². The van der Waals surface area contributed by atoms with Crippen molar-refractivity contribution >= 4 is 5.97 Å². The van der Waals surface area contributed by atoms with Gasteiger partial charge in [-0.05, 0) is 59.0 Å². The maximum atomic E-state index is 12.0. The molecule has 2 fully saturated rings. The van der Waals surface area contributed by atoms with Crippen LogP contribution >= 0.6 is 0 Å². The third-order valence-electron chi connectivity index (χ3n) is 5.51. The normalized spacial score (nSPS) is 31.4.